The molecule has 1 unspecified atom stereocenters. The van der Waals surface area contributed by atoms with Crippen LogP contribution < -0.4 is 0 Å². The first kappa shape index (κ1) is 16.1. The molecule has 0 N–H and O–H groups in total. The molecule has 1 aliphatic rings. The Kier molecular flexibility index (Phi) is 4.65. The first-order chi connectivity index (χ1) is 12.3. The minimum Gasteiger partial charge on any atom is -0.461 e. The Morgan fingerprint density at radius 3 is 3.08 bits per heavy atom. The number of likely N-dealkylation sites (tertiary alicyclic amines) is 1. The van der Waals surface area contributed by atoms with Crippen LogP contribution in [0.25, 0.3) is 11.6 Å². The van der Waals surface area contributed by atoms with Gasteiger partial charge in [0, 0.05) is 31.9 Å². The summed E-state index contributed by atoms with van der Waals surface area (Å²) in [6, 6.07) is 4.19. The molecular formula is C18H23N5O2. The minimum absolute atomic E-state index is 0.515. The van der Waals surface area contributed by atoms with Crippen molar-refractivity contribution in [1.29, 1.82) is 0 Å². The molecule has 132 valence electrons. The Balaban J connectivity index is 1.40. The van der Waals surface area contributed by atoms with Gasteiger partial charge in [-0.25, -0.2) is 4.98 Å². The quantitative estimate of drug-likeness (QED) is 0.686. The lowest BCUT2D eigenvalue weighted by atomic mass is 9.98. The topological polar surface area (TPSA) is 73.1 Å². The van der Waals surface area contributed by atoms with E-state index in [1.165, 1.54) is 19.3 Å². The number of nitrogens with zero attached hydrogens (tertiary/aromatic N) is 5. The van der Waals surface area contributed by atoms with E-state index >= 15 is 0 Å². The molecule has 25 heavy (non-hydrogen) atoms. The van der Waals surface area contributed by atoms with Crippen LogP contribution in [0, 0.1) is 0 Å². The largest absolute Gasteiger partial charge is 0.461 e. The first-order valence-electron chi connectivity index (χ1n) is 8.86. The fourth-order valence-corrected chi connectivity index (χ4v) is 3.53. The molecule has 3 aromatic heterocycles. The van der Waals surface area contributed by atoms with Gasteiger partial charge in [0.2, 0.25) is 11.7 Å². The number of rotatable bonds is 6. The van der Waals surface area contributed by atoms with Crippen LogP contribution in [0.15, 0.2) is 39.7 Å². The van der Waals surface area contributed by atoms with Crippen molar-refractivity contribution in [3.8, 4) is 11.6 Å². The highest BCUT2D eigenvalue weighted by atomic mass is 16.5. The molecular weight excluding hydrogens is 318 g/mol. The Morgan fingerprint density at radius 1 is 1.32 bits per heavy atom. The summed E-state index contributed by atoms with van der Waals surface area (Å²) in [5.74, 6) is 2.94. The van der Waals surface area contributed by atoms with Crippen LogP contribution in [-0.4, -0.2) is 37.2 Å². The molecule has 0 bridgehead atoms. The van der Waals surface area contributed by atoms with Crippen LogP contribution in [0.3, 0.4) is 0 Å². The zero-order valence-corrected chi connectivity index (χ0v) is 14.5. The Morgan fingerprint density at radius 2 is 2.28 bits per heavy atom. The van der Waals surface area contributed by atoms with Crippen molar-refractivity contribution in [3.05, 3.63) is 42.5 Å². The average Bonchev–Trinajstić information content (AvgIpc) is 3.36. The predicted octanol–water partition coefficient (Wildman–Crippen LogP) is 3.05. The van der Waals surface area contributed by atoms with E-state index < -0.39 is 0 Å². The van der Waals surface area contributed by atoms with Crippen LogP contribution in [0.2, 0.25) is 0 Å². The summed E-state index contributed by atoms with van der Waals surface area (Å²) in [6.45, 7) is 1.77. The maximum absolute atomic E-state index is 5.43. The van der Waals surface area contributed by atoms with Gasteiger partial charge in [-0.15, -0.1) is 0 Å². The summed E-state index contributed by atoms with van der Waals surface area (Å²) in [4.78, 5) is 11.4. The lowest BCUT2D eigenvalue weighted by Crippen LogP contribution is -2.39. The van der Waals surface area contributed by atoms with Gasteiger partial charge in [0.1, 0.15) is 5.82 Å². The highest BCUT2D eigenvalue weighted by Crippen LogP contribution is 2.24. The standard InChI is InChI=1S/C18H23N5O2/c1-22-11-9-19-16(22)8-7-14-5-2-3-10-23(14)13-17-20-18(21-25-17)15-6-4-12-24-15/h4,6,9,11-12,14H,2-3,5,7-8,10,13H2,1H3. The number of hydrogen-bond acceptors (Lipinski definition) is 6. The molecule has 1 atom stereocenters. The van der Waals surface area contributed by atoms with E-state index in [4.69, 9.17) is 8.94 Å². The van der Waals surface area contributed by atoms with E-state index in [1.54, 1.807) is 6.26 Å². The maximum Gasteiger partial charge on any atom is 0.241 e. The van der Waals surface area contributed by atoms with Crippen LogP contribution in [-0.2, 0) is 20.0 Å². The van der Waals surface area contributed by atoms with E-state index in [0.717, 1.165) is 25.2 Å². The van der Waals surface area contributed by atoms with Crippen molar-refractivity contribution in [2.24, 2.45) is 7.05 Å². The van der Waals surface area contributed by atoms with Crippen LogP contribution >= 0.6 is 0 Å². The molecule has 4 rings (SSSR count). The SMILES string of the molecule is Cn1ccnc1CCC1CCCCN1Cc1nc(-c2ccco2)no1. The zero-order valence-electron chi connectivity index (χ0n) is 14.5. The van der Waals surface area contributed by atoms with E-state index in [2.05, 4.69) is 31.6 Å². The summed E-state index contributed by atoms with van der Waals surface area (Å²) in [6.07, 6.45) is 11.3. The van der Waals surface area contributed by atoms with Crippen LogP contribution in [0.5, 0.6) is 0 Å². The molecule has 0 aliphatic carbocycles. The van der Waals surface area contributed by atoms with Gasteiger partial charge >= 0.3 is 0 Å². The van der Waals surface area contributed by atoms with Gasteiger partial charge < -0.3 is 13.5 Å². The van der Waals surface area contributed by atoms with Crippen molar-refractivity contribution in [2.75, 3.05) is 6.54 Å². The van der Waals surface area contributed by atoms with Crippen molar-refractivity contribution in [3.63, 3.8) is 0 Å². The number of hydrogen-bond donors (Lipinski definition) is 0. The number of aryl methyl sites for hydroxylation is 2. The maximum atomic E-state index is 5.43. The van der Waals surface area contributed by atoms with E-state index in [9.17, 15) is 0 Å². The summed E-state index contributed by atoms with van der Waals surface area (Å²) < 4.78 is 12.9. The molecule has 1 fully saturated rings. The second kappa shape index (κ2) is 7.23. The van der Waals surface area contributed by atoms with Crippen LogP contribution in [0.4, 0.5) is 0 Å². The van der Waals surface area contributed by atoms with Gasteiger partial charge in [0.05, 0.1) is 12.8 Å². The van der Waals surface area contributed by atoms with Gasteiger partial charge in [-0.05, 0) is 37.9 Å². The summed E-state index contributed by atoms with van der Waals surface area (Å²) >= 11 is 0. The third kappa shape index (κ3) is 3.66. The van der Waals surface area contributed by atoms with E-state index in [1.807, 2.05) is 24.5 Å². The third-order valence-corrected chi connectivity index (χ3v) is 4.92. The van der Waals surface area contributed by atoms with Crippen molar-refractivity contribution in [2.45, 2.75) is 44.7 Å². The van der Waals surface area contributed by atoms with Gasteiger partial charge in [-0.3, -0.25) is 4.90 Å². The summed E-state index contributed by atoms with van der Waals surface area (Å²) in [5.41, 5.74) is 0. The monoisotopic (exact) mass is 341 g/mol. The van der Waals surface area contributed by atoms with Gasteiger partial charge in [-0.1, -0.05) is 11.6 Å². The Bertz CT molecular complexity index is 792. The Hall–Kier alpha value is -2.41. The molecule has 0 spiro atoms. The lowest BCUT2D eigenvalue weighted by Gasteiger charge is -2.34. The van der Waals surface area contributed by atoms with Crippen LogP contribution in [0.1, 0.15) is 37.4 Å². The van der Waals surface area contributed by atoms with Gasteiger partial charge in [-0.2, -0.15) is 4.98 Å². The highest BCUT2D eigenvalue weighted by molar-refractivity contribution is 5.44. The summed E-state index contributed by atoms with van der Waals surface area (Å²) in [7, 11) is 2.05. The third-order valence-electron chi connectivity index (χ3n) is 4.92. The van der Waals surface area contributed by atoms with Crippen molar-refractivity contribution in [1.82, 2.24) is 24.6 Å². The molecule has 7 heteroatoms. The predicted molar refractivity (Wildman–Crippen MR) is 91.6 cm³/mol. The summed E-state index contributed by atoms with van der Waals surface area (Å²) in [5, 5.41) is 4.03. The molecule has 1 saturated heterocycles. The fraction of sp³-hybridized carbons (Fsp3) is 0.500. The number of aromatic nitrogens is 4. The smallest absolute Gasteiger partial charge is 0.241 e. The lowest BCUT2D eigenvalue weighted by molar-refractivity contribution is 0.116. The minimum atomic E-state index is 0.515. The van der Waals surface area contributed by atoms with Gasteiger partial charge in [0.15, 0.2) is 5.76 Å². The number of imidazole rings is 1. The van der Waals surface area contributed by atoms with E-state index in [-0.39, 0.29) is 0 Å². The normalized spacial score (nSPS) is 18.7. The molecule has 0 radical (unpaired) electrons. The average molecular weight is 341 g/mol. The second-order valence-corrected chi connectivity index (χ2v) is 6.60. The molecule has 3 aromatic rings. The molecule has 0 amide bonds. The molecule has 0 aromatic carbocycles. The first-order valence-corrected chi connectivity index (χ1v) is 8.86. The second-order valence-electron chi connectivity index (χ2n) is 6.60. The number of furan rings is 1. The Labute approximate surface area is 146 Å². The molecule has 0 saturated carbocycles. The zero-order chi connectivity index (χ0) is 17.1. The van der Waals surface area contributed by atoms with E-state index in [0.29, 0.717) is 30.1 Å². The van der Waals surface area contributed by atoms with Crippen molar-refractivity contribution >= 4 is 0 Å². The van der Waals surface area contributed by atoms with Gasteiger partial charge in [0.25, 0.3) is 0 Å². The van der Waals surface area contributed by atoms with Crippen molar-refractivity contribution < 1.29 is 8.94 Å². The molecule has 7 nitrogen and oxygen atoms in total. The highest BCUT2D eigenvalue weighted by Gasteiger charge is 2.25. The molecule has 4 heterocycles. The fourth-order valence-electron chi connectivity index (χ4n) is 3.53. The number of piperidine rings is 1. The molecule has 1 aliphatic heterocycles.